The topological polar surface area (TPSA) is 49.3 Å². The lowest BCUT2D eigenvalue weighted by molar-refractivity contribution is -0.137. The highest BCUT2D eigenvalue weighted by atomic mass is 19.1. The summed E-state index contributed by atoms with van der Waals surface area (Å²) in [5, 5.41) is 11.6. The molecule has 106 valence electrons. The van der Waals surface area contributed by atoms with Crippen molar-refractivity contribution in [3.05, 3.63) is 35.4 Å². The van der Waals surface area contributed by atoms with Gasteiger partial charge in [-0.3, -0.25) is 4.79 Å². The molecule has 0 aliphatic carbocycles. The zero-order chi connectivity index (χ0) is 14.1. The molecular formula is C14H19F2NO2. The van der Waals surface area contributed by atoms with Gasteiger partial charge in [0.25, 0.3) is 0 Å². The van der Waals surface area contributed by atoms with Crippen LogP contribution in [0.4, 0.5) is 8.78 Å². The van der Waals surface area contributed by atoms with Gasteiger partial charge in [0.1, 0.15) is 11.6 Å². The van der Waals surface area contributed by atoms with Crippen LogP contribution in [0.5, 0.6) is 0 Å². The van der Waals surface area contributed by atoms with E-state index >= 15 is 0 Å². The summed E-state index contributed by atoms with van der Waals surface area (Å²) in [6.07, 6.45) is 3.25. The van der Waals surface area contributed by atoms with Gasteiger partial charge < -0.3 is 10.4 Å². The predicted molar refractivity (Wildman–Crippen MR) is 69.0 cm³/mol. The van der Waals surface area contributed by atoms with Gasteiger partial charge in [-0.1, -0.05) is 6.42 Å². The van der Waals surface area contributed by atoms with Crippen LogP contribution in [0.3, 0.4) is 0 Å². The van der Waals surface area contributed by atoms with Gasteiger partial charge in [0.05, 0.1) is 0 Å². The van der Waals surface area contributed by atoms with E-state index in [1.54, 1.807) is 0 Å². The van der Waals surface area contributed by atoms with E-state index in [1.165, 1.54) is 12.1 Å². The van der Waals surface area contributed by atoms with Crippen LogP contribution < -0.4 is 5.32 Å². The first kappa shape index (κ1) is 15.6. The maximum Gasteiger partial charge on any atom is 0.303 e. The highest BCUT2D eigenvalue weighted by Gasteiger charge is 2.00. The summed E-state index contributed by atoms with van der Waals surface area (Å²) in [4.78, 5) is 10.3. The number of halogens is 2. The van der Waals surface area contributed by atoms with Crippen LogP contribution in [-0.2, 0) is 11.2 Å². The molecule has 19 heavy (non-hydrogen) atoms. The van der Waals surface area contributed by atoms with Crippen molar-refractivity contribution < 1.29 is 18.7 Å². The van der Waals surface area contributed by atoms with E-state index in [2.05, 4.69) is 5.32 Å². The van der Waals surface area contributed by atoms with Crippen molar-refractivity contribution in [3.8, 4) is 0 Å². The SMILES string of the molecule is O=C(O)CCCCCNCCc1cc(F)cc(F)c1. The van der Waals surface area contributed by atoms with Crippen molar-refractivity contribution in [1.29, 1.82) is 0 Å². The van der Waals surface area contributed by atoms with Crippen molar-refractivity contribution in [3.63, 3.8) is 0 Å². The van der Waals surface area contributed by atoms with E-state index in [-0.39, 0.29) is 6.42 Å². The molecule has 1 rings (SSSR count). The molecule has 0 heterocycles. The van der Waals surface area contributed by atoms with Gasteiger partial charge in [0, 0.05) is 12.5 Å². The van der Waals surface area contributed by atoms with Crippen LogP contribution in [0.15, 0.2) is 18.2 Å². The van der Waals surface area contributed by atoms with Crippen LogP contribution in [0.25, 0.3) is 0 Å². The largest absolute Gasteiger partial charge is 0.481 e. The van der Waals surface area contributed by atoms with Crippen molar-refractivity contribution >= 4 is 5.97 Å². The standard InChI is InChI=1S/C14H19F2NO2/c15-12-8-11(9-13(16)10-12)5-7-17-6-3-1-2-4-14(18)19/h8-10,17H,1-7H2,(H,18,19). The Kier molecular flexibility index (Phi) is 7.03. The molecular weight excluding hydrogens is 252 g/mol. The van der Waals surface area contributed by atoms with Gasteiger partial charge in [-0.25, -0.2) is 8.78 Å². The number of unbranched alkanes of at least 4 members (excludes halogenated alkanes) is 2. The number of carbonyl (C=O) groups is 1. The van der Waals surface area contributed by atoms with Crippen LogP contribution in [0.2, 0.25) is 0 Å². The smallest absolute Gasteiger partial charge is 0.303 e. The molecule has 0 aliphatic rings. The fourth-order valence-electron chi connectivity index (χ4n) is 1.82. The minimum Gasteiger partial charge on any atom is -0.481 e. The number of nitrogens with one attached hydrogen (secondary N) is 1. The highest BCUT2D eigenvalue weighted by molar-refractivity contribution is 5.66. The average Bonchev–Trinajstić information content (AvgIpc) is 2.31. The first-order chi connectivity index (χ1) is 9.08. The van der Waals surface area contributed by atoms with E-state index in [4.69, 9.17) is 5.11 Å². The fraction of sp³-hybridized carbons (Fsp3) is 0.500. The lowest BCUT2D eigenvalue weighted by Crippen LogP contribution is -2.18. The monoisotopic (exact) mass is 271 g/mol. The molecule has 1 aromatic carbocycles. The van der Waals surface area contributed by atoms with Crippen LogP contribution in [0, 0.1) is 11.6 Å². The molecule has 0 atom stereocenters. The molecule has 0 amide bonds. The lowest BCUT2D eigenvalue weighted by Gasteiger charge is -2.05. The molecule has 0 radical (unpaired) electrons. The van der Waals surface area contributed by atoms with Crippen LogP contribution in [0.1, 0.15) is 31.2 Å². The second kappa shape index (κ2) is 8.58. The van der Waals surface area contributed by atoms with E-state index in [0.29, 0.717) is 24.9 Å². The quantitative estimate of drug-likeness (QED) is 0.679. The van der Waals surface area contributed by atoms with E-state index in [0.717, 1.165) is 25.5 Å². The third-order valence-corrected chi connectivity index (χ3v) is 2.76. The zero-order valence-electron chi connectivity index (χ0n) is 10.8. The van der Waals surface area contributed by atoms with Gasteiger partial charge in [-0.15, -0.1) is 0 Å². The molecule has 5 heteroatoms. The molecule has 0 aromatic heterocycles. The van der Waals surface area contributed by atoms with Gasteiger partial charge in [0.15, 0.2) is 0 Å². The fourth-order valence-corrected chi connectivity index (χ4v) is 1.82. The maximum atomic E-state index is 12.9. The van der Waals surface area contributed by atoms with Gasteiger partial charge in [-0.2, -0.15) is 0 Å². The Balaban J connectivity index is 2.06. The summed E-state index contributed by atoms with van der Waals surface area (Å²) in [6, 6.07) is 3.52. The summed E-state index contributed by atoms with van der Waals surface area (Å²) in [5.41, 5.74) is 0.635. The summed E-state index contributed by atoms with van der Waals surface area (Å²) in [7, 11) is 0. The number of benzene rings is 1. The molecule has 2 N–H and O–H groups in total. The third kappa shape index (κ3) is 7.51. The van der Waals surface area contributed by atoms with Crippen molar-refractivity contribution in [2.75, 3.05) is 13.1 Å². The highest BCUT2D eigenvalue weighted by Crippen LogP contribution is 2.08. The molecule has 0 bridgehead atoms. The molecule has 0 unspecified atom stereocenters. The number of aliphatic carboxylic acids is 1. The number of hydrogen-bond acceptors (Lipinski definition) is 2. The van der Waals surface area contributed by atoms with Gasteiger partial charge in [0.2, 0.25) is 0 Å². The minimum atomic E-state index is -0.763. The Morgan fingerprint density at radius 2 is 1.74 bits per heavy atom. The van der Waals surface area contributed by atoms with Crippen molar-refractivity contribution in [2.24, 2.45) is 0 Å². The molecule has 3 nitrogen and oxygen atoms in total. The summed E-state index contributed by atoms with van der Waals surface area (Å²) in [6.45, 7) is 1.44. The van der Waals surface area contributed by atoms with Crippen molar-refractivity contribution in [2.45, 2.75) is 32.1 Å². The van der Waals surface area contributed by atoms with E-state index < -0.39 is 17.6 Å². The maximum absolute atomic E-state index is 12.9. The minimum absolute atomic E-state index is 0.211. The first-order valence-corrected chi connectivity index (χ1v) is 6.45. The Labute approximate surface area is 111 Å². The average molecular weight is 271 g/mol. The van der Waals surface area contributed by atoms with Gasteiger partial charge >= 0.3 is 5.97 Å². The number of carboxylic acid groups (broad SMARTS) is 1. The Bertz CT molecular complexity index is 390. The second-order valence-electron chi connectivity index (χ2n) is 4.48. The summed E-state index contributed by atoms with van der Waals surface area (Å²) < 4.78 is 25.8. The Hall–Kier alpha value is -1.49. The number of hydrogen-bond donors (Lipinski definition) is 2. The van der Waals surface area contributed by atoms with Gasteiger partial charge in [-0.05, 0) is 50.0 Å². The molecule has 0 saturated heterocycles. The number of rotatable bonds is 9. The normalized spacial score (nSPS) is 10.6. The molecule has 0 fully saturated rings. The lowest BCUT2D eigenvalue weighted by atomic mass is 10.1. The van der Waals surface area contributed by atoms with Crippen LogP contribution >= 0.6 is 0 Å². The number of carboxylic acids is 1. The molecule has 0 aliphatic heterocycles. The van der Waals surface area contributed by atoms with Crippen molar-refractivity contribution in [1.82, 2.24) is 5.32 Å². The Morgan fingerprint density at radius 1 is 1.05 bits per heavy atom. The molecule has 0 spiro atoms. The molecule has 0 saturated carbocycles. The van der Waals surface area contributed by atoms with Crippen LogP contribution in [-0.4, -0.2) is 24.2 Å². The molecule has 1 aromatic rings. The summed E-state index contributed by atoms with van der Waals surface area (Å²) in [5.74, 6) is -1.87. The summed E-state index contributed by atoms with van der Waals surface area (Å²) >= 11 is 0. The predicted octanol–water partition coefficient (Wildman–Crippen LogP) is 2.74. The Morgan fingerprint density at radius 3 is 2.37 bits per heavy atom. The van der Waals surface area contributed by atoms with E-state index in [1.807, 2.05) is 0 Å². The zero-order valence-corrected chi connectivity index (χ0v) is 10.8. The first-order valence-electron chi connectivity index (χ1n) is 6.45. The van der Waals surface area contributed by atoms with E-state index in [9.17, 15) is 13.6 Å². The third-order valence-electron chi connectivity index (χ3n) is 2.76. The second-order valence-corrected chi connectivity index (χ2v) is 4.48.